The van der Waals surface area contributed by atoms with E-state index in [1.54, 1.807) is 0 Å². The molecule has 0 saturated carbocycles. The summed E-state index contributed by atoms with van der Waals surface area (Å²) in [5, 5.41) is 0. The Morgan fingerprint density at radius 1 is 0.800 bits per heavy atom. The first-order chi connectivity index (χ1) is 1.00. The SMILES string of the molecule is O.O.O.[O]=[Mo]. The quantitative estimate of drug-likeness (QED) is 0.361. The third kappa shape index (κ3) is 181. The van der Waals surface area contributed by atoms with Crippen molar-refractivity contribution in [2.45, 2.75) is 0 Å². The second kappa shape index (κ2) is 365. The molecule has 0 rings (SSSR count). The van der Waals surface area contributed by atoms with Gasteiger partial charge in [-0.15, -0.1) is 0 Å². The number of hydrogen-bond donors (Lipinski definition) is 0. The summed E-state index contributed by atoms with van der Waals surface area (Å²) in [5.74, 6) is 0. The minimum absolute atomic E-state index is 0. The molecular formula is H6MoO4. The Kier molecular flexibility index (Phi) is 4000. The van der Waals surface area contributed by atoms with Crippen LogP contribution in [0, 0.1) is 0 Å². The molecule has 0 radical (unpaired) electrons. The first-order valence-corrected chi connectivity index (χ1v) is 0.986. The summed E-state index contributed by atoms with van der Waals surface area (Å²) >= 11 is 0.700. The molecule has 0 aromatic heterocycles. The zero-order valence-electron chi connectivity index (χ0n) is 2.32. The van der Waals surface area contributed by atoms with Crippen LogP contribution in [0.25, 0.3) is 0 Å². The maximum atomic E-state index is 8.26. The second-order valence-corrected chi connectivity index (χ2v) is 0. The summed E-state index contributed by atoms with van der Waals surface area (Å²) < 4.78 is 8.26. The van der Waals surface area contributed by atoms with Crippen LogP contribution in [0.5, 0.6) is 0 Å². The van der Waals surface area contributed by atoms with Crippen LogP contribution >= 0.6 is 0 Å². The molecule has 0 unspecified atom stereocenters. The van der Waals surface area contributed by atoms with Crippen molar-refractivity contribution in [2.75, 3.05) is 0 Å². The number of rotatable bonds is 0. The molecule has 0 amide bonds. The van der Waals surface area contributed by atoms with E-state index in [9.17, 15) is 0 Å². The first-order valence-electron chi connectivity index (χ1n) is 0.167. The van der Waals surface area contributed by atoms with Gasteiger partial charge in [-0.3, -0.25) is 0 Å². The average Bonchev–Trinajstić information content (AvgIpc) is 1.00. The van der Waals surface area contributed by atoms with Gasteiger partial charge >= 0.3 is 23.2 Å². The first kappa shape index (κ1) is 54.7. The van der Waals surface area contributed by atoms with Crippen LogP contribution in [0.1, 0.15) is 0 Å². The van der Waals surface area contributed by atoms with Crippen molar-refractivity contribution in [3.63, 3.8) is 0 Å². The van der Waals surface area contributed by atoms with Gasteiger partial charge in [0.15, 0.2) is 0 Å². The molecule has 0 aromatic rings. The Labute approximate surface area is 40.3 Å². The van der Waals surface area contributed by atoms with Crippen LogP contribution in [0.2, 0.25) is 0 Å². The molecule has 0 bridgehead atoms. The third-order valence-corrected chi connectivity index (χ3v) is 0. The summed E-state index contributed by atoms with van der Waals surface area (Å²) in [5.41, 5.74) is 0. The Balaban J connectivity index is -0.00000000167. The Hall–Kier alpha value is 0.368. The molecule has 0 aromatic carbocycles. The Morgan fingerprint density at radius 2 is 0.800 bits per heavy atom. The van der Waals surface area contributed by atoms with Crippen molar-refractivity contribution in [3.8, 4) is 0 Å². The third-order valence-electron chi connectivity index (χ3n) is 0. The van der Waals surface area contributed by atoms with Gasteiger partial charge < -0.3 is 16.4 Å². The van der Waals surface area contributed by atoms with E-state index in [-0.39, 0.29) is 16.4 Å². The van der Waals surface area contributed by atoms with E-state index in [1.165, 1.54) is 0 Å². The van der Waals surface area contributed by atoms with E-state index in [2.05, 4.69) is 0 Å². The molecule has 0 spiro atoms. The molecule has 0 aliphatic carbocycles. The zero-order chi connectivity index (χ0) is 2.00. The van der Waals surface area contributed by atoms with Gasteiger partial charge in [0.05, 0.1) is 0 Å². The van der Waals surface area contributed by atoms with Crippen LogP contribution in [-0.2, 0) is 23.2 Å². The molecule has 36 valence electrons. The summed E-state index contributed by atoms with van der Waals surface area (Å²) in [7, 11) is 0. The second-order valence-electron chi connectivity index (χ2n) is 0. The predicted octanol–water partition coefficient (Wildman–Crippen LogP) is -2.60. The van der Waals surface area contributed by atoms with Crippen molar-refractivity contribution < 1.29 is 39.6 Å². The van der Waals surface area contributed by atoms with E-state index in [1.807, 2.05) is 0 Å². The van der Waals surface area contributed by atoms with Gasteiger partial charge in [-0.1, -0.05) is 0 Å². The predicted molar refractivity (Wildman–Crippen MR) is 11.5 cm³/mol. The molecule has 6 N–H and O–H groups in total. The molecule has 0 aliphatic rings. The van der Waals surface area contributed by atoms with Gasteiger partial charge in [0, 0.05) is 0 Å². The van der Waals surface area contributed by atoms with Gasteiger partial charge in [0.1, 0.15) is 0 Å². The van der Waals surface area contributed by atoms with Crippen LogP contribution in [0.4, 0.5) is 0 Å². The normalized spacial score (nSPS) is 0.800. The van der Waals surface area contributed by atoms with Crippen LogP contribution in [0.15, 0.2) is 0 Å². The van der Waals surface area contributed by atoms with Crippen molar-refractivity contribution in [1.82, 2.24) is 0 Å². The van der Waals surface area contributed by atoms with E-state index in [0.29, 0.717) is 19.8 Å². The summed E-state index contributed by atoms with van der Waals surface area (Å²) in [6.45, 7) is 0. The van der Waals surface area contributed by atoms with Gasteiger partial charge in [-0.2, -0.15) is 0 Å². The summed E-state index contributed by atoms with van der Waals surface area (Å²) in [6, 6.07) is 0. The monoisotopic (exact) mass is 168 g/mol. The Morgan fingerprint density at radius 3 is 0.800 bits per heavy atom. The Bertz CT molecular complexity index is 3.61. The molecule has 4 nitrogen and oxygen atoms in total. The minimum atomic E-state index is 0. The van der Waals surface area contributed by atoms with Crippen LogP contribution in [0.3, 0.4) is 0 Å². The van der Waals surface area contributed by atoms with E-state index in [4.69, 9.17) is 3.40 Å². The summed E-state index contributed by atoms with van der Waals surface area (Å²) in [6.07, 6.45) is 0. The average molecular weight is 166 g/mol. The molecule has 0 heterocycles. The molecule has 0 atom stereocenters. The topological polar surface area (TPSA) is 112 Å². The van der Waals surface area contributed by atoms with Gasteiger partial charge in [0.2, 0.25) is 0 Å². The summed E-state index contributed by atoms with van der Waals surface area (Å²) in [4.78, 5) is 0. The van der Waals surface area contributed by atoms with E-state index < -0.39 is 0 Å². The van der Waals surface area contributed by atoms with E-state index in [0.717, 1.165) is 0 Å². The van der Waals surface area contributed by atoms with Gasteiger partial charge in [-0.05, 0) is 0 Å². The van der Waals surface area contributed by atoms with Crippen molar-refractivity contribution in [2.24, 2.45) is 0 Å². The van der Waals surface area contributed by atoms with Gasteiger partial charge in [0.25, 0.3) is 0 Å². The molecule has 5 heteroatoms. The van der Waals surface area contributed by atoms with Crippen molar-refractivity contribution in [3.05, 3.63) is 0 Å². The standard InChI is InChI=1S/Mo.3H2O.O/h;3*1H2;. The van der Waals surface area contributed by atoms with Crippen LogP contribution in [-0.4, -0.2) is 16.4 Å². The molecule has 0 saturated heterocycles. The molecule has 5 heavy (non-hydrogen) atoms. The van der Waals surface area contributed by atoms with Crippen molar-refractivity contribution >= 4 is 0 Å². The van der Waals surface area contributed by atoms with Crippen molar-refractivity contribution in [1.29, 1.82) is 0 Å². The molecule has 0 fully saturated rings. The fourth-order valence-corrected chi connectivity index (χ4v) is 0. The van der Waals surface area contributed by atoms with Crippen LogP contribution < -0.4 is 0 Å². The fraction of sp³-hybridized carbons (Fsp3) is 0. The number of hydrogen-bond acceptors (Lipinski definition) is 1. The molecule has 0 aliphatic heterocycles. The zero-order valence-corrected chi connectivity index (χ0v) is 4.32. The molecular weight excluding hydrogens is 160 g/mol. The fourth-order valence-electron chi connectivity index (χ4n) is 0. The maximum absolute atomic E-state index is 8.26. The van der Waals surface area contributed by atoms with Gasteiger partial charge in [-0.25, -0.2) is 0 Å². The van der Waals surface area contributed by atoms with E-state index >= 15 is 0 Å².